The monoisotopic (exact) mass is 201 g/mol. The molecule has 0 aromatic rings. The predicted molar refractivity (Wildman–Crippen MR) is 52.3 cm³/mol. The van der Waals surface area contributed by atoms with E-state index in [4.69, 9.17) is 10.8 Å². The van der Waals surface area contributed by atoms with Crippen LogP contribution >= 0.6 is 0 Å². The zero-order valence-corrected chi connectivity index (χ0v) is 8.45. The van der Waals surface area contributed by atoms with Crippen LogP contribution in [0.15, 0.2) is 0 Å². The highest BCUT2D eigenvalue weighted by Crippen LogP contribution is 2.14. The minimum atomic E-state index is -0.953. The molecule has 1 aliphatic heterocycles. The molecule has 1 aliphatic rings. The summed E-state index contributed by atoms with van der Waals surface area (Å²) in [6.07, 6.45) is 0.820. The number of nitrogens with two attached hydrogens (primary N) is 1. The van der Waals surface area contributed by atoms with Gasteiger partial charge in [-0.15, -0.1) is 0 Å². The summed E-state index contributed by atoms with van der Waals surface area (Å²) in [6, 6.07) is -0.928. The number of carboxylic acid groups (broad SMARTS) is 1. The minimum Gasteiger partial charge on any atom is -0.480 e. The van der Waals surface area contributed by atoms with Gasteiger partial charge in [0.15, 0.2) is 0 Å². The smallest absolute Gasteiger partial charge is 0.345 e. The number of guanidine groups is 1. The fraction of sp³-hybridized carbons (Fsp3) is 0.750. The highest BCUT2D eigenvalue weighted by atomic mass is 16.4. The highest BCUT2D eigenvalue weighted by Gasteiger charge is 2.38. The van der Waals surface area contributed by atoms with Crippen LogP contribution in [0.2, 0.25) is 0 Å². The first-order valence-electron chi connectivity index (χ1n) is 4.59. The molecule has 1 heterocycles. The van der Waals surface area contributed by atoms with E-state index in [1.54, 1.807) is 14.1 Å². The molecule has 2 unspecified atom stereocenters. The Labute approximate surface area is 82.8 Å². The molecule has 1 rings (SSSR count). The molecule has 0 aromatic heterocycles. The zero-order valence-electron chi connectivity index (χ0n) is 8.45. The molecule has 80 valence electrons. The molecular formula is C8H17N4O2+. The standard InChI is InChI=1S/C8H16N4O2/c1-10-8(11-2)12-4-3-5(12)6(9)7(13)14/h5-6H,3-4,9H2,1-2H3,(H2,10,11,13,14)/p+1. The molecule has 0 radical (unpaired) electrons. The molecule has 1 fully saturated rings. The maximum Gasteiger partial charge on any atom is 0.345 e. The number of hydrogen-bond acceptors (Lipinski definition) is 2. The predicted octanol–water partition coefficient (Wildman–Crippen LogP) is -2.02. The molecule has 1 saturated heterocycles. The van der Waals surface area contributed by atoms with Crippen molar-refractivity contribution >= 4 is 11.9 Å². The van der Waals surface area contributed by atoms with E-state index in [-0.39, 0.29) is 6.04 Å². The van der Waals surface area contributed by atoms with Crippen LogP contribution < -0.4 is 16.4 Å². The molecule has 0 amide bonds. The van der Waals surface area contributed by atoms with Gasteiger partial charge in [0.1, 0.15) is 12.1 Å². The maximum absolute atomic E-state index is 10.7. The normalized spacial score (nSPS) is 22.2. The Morgan fingerprint density at radius 1 is 1.57 bits per heavy atom. The minimum absolute atomic E-state index is 0.109. The van der Waals surface area contributed by atoms with Gasteiger partial charge in [-0.25, -0.2) is 0 Å². The summed E-state index contributed by atoms with van der Waals surface area (Å²) in [7, 11) is 3.57. The molecule has 0 aliphatic carbocycles. The van der Waals surface area contributed by atoms with E-state index in [0.717, 1.165) is 18.9 Å². The number of hydrogen-bond donors (Lipinski definition) is 4. The summed E-state index contributed by atoms with van der Waals surface area (Å²) in [5.74, 6) is -0.135. The van der Waals surface area contributed by atoms with E-state index < -0.39 is 12.0 Å². The van der Waals surface area contributed by atoms with Gasteiger partial charge in [-0.05, 0) is 0 Å². The van der Waals surface area contributed by atoms with Crippen molar-refractivity contribution in [3.63, 3.8) is 0 Å². The lowest BCUT2D eigenvalue weighted by Crippen LogP contribution is -2.60. The maximum atomic E-state index is 10.7. The molecule has 6 heteroatoms. The average molecular weight is 201 g/mol. The first-order chi connectivity index (χ1) is 6.61. The second-order valence-corrected chi connectivity index (χ2v) is 3.26. The Kier molecular flexibility index (Phi) is 3.29. The lowest BCUT2D eigenvalue weighted by atomic mass is 9.98. The summed E-state index contributed by atoms with van der Waals surface area (Å²) >= 11 is 0. The fourth-order valence-electron chi connectivity index (χ4n) is 1.64. The van der Waals surface area contributed by atoms with Crippen LogP contribution in [0, 0.1) is 0 Å². The third kappa shape index (κ3) is 1.79. The van der Waals surface area contributed by atoms with Gasteiger partial charge in [-0.1, -0.05) is 0 Å². The first-order valence-corrected chi connectivity index (χ1v) is 4.59. The van der Waals surface area contributed by atoms with Crippen molar-refractivity contribution in [2.45, 2.75) is 18.5 Å². The number of rotatable bonds is 2. The Morgan fingerprint density at radius 2 is 2.14 bits per heavy atom. The van der Waals surface area contributed by atoms with Gasteiger partial charge in [-0.3, -0.25) is 20.0 Å². The fourth-order valence-corrected chi connectivity index (χ4v) is 1.64. The molecule has 2 atom stereocenters. The van der Waals surface area contributed by atoms with Crippen LogP contribution in [0.3, 0.4) is 0 Å². The summed E-state index contributed by atoms with van der Waals surface area (Å²) in [5, 5.41) is 14.7. The lowest BCUT2D eigenvalue weighted by Gasteiger charge is -2.33. The van der Waals surface area contributed by atoms with Crippen LogP contribution in [0.1, 0.15) is 6.42 Å². The van der Waals surface area contributed by atoms with Crippen molar-refractivity contribution in [2.75, 3.05) is 20.6 Å². The van der Waals surface area contributed by atoms with Crippen LogP contribution in [0.5, 0.6) is 0 Å². The van der Waals surface area contributed by atoms with Crippen molar-refractivity contribution in [1.82, 2.24) is 10.6 Å². The van der Waals surface area contributed by atoms with E-state index in [1.165, 1.54) is 0 Å². The van der Waals surface area contributed by atoms with Crippen molar-refractivity contribution in [3.05, 3.63) is 0 Å². The topological polar surface area (TPSA) is 90.4 Å². The van der Waals surface area contributed by atoms with Crippen LogP contribution in [0.25, 0.3) is 0 Å². The Morgan fingerprint density at radius 3 is 2.43 bits per heavy atom. The first kappa shape index (κ1) is 10.8. The summed E-state index contributed by atoms with van der Waals surface area (Å²) in [5.41, 5.74) is 5.55. The van der Waals surface area contributed by atoms with Crippen molar-refractivity contribution in [3.8, 4) is 0 Å². The zero-order chi connectivity index (χ0) is 10.7. The lowest BCUT2D eigenvalue weighted by molar-refractivity contribution is -0.629. The van der Waals surface area contributed by atoms with Crippen LogP contribution in [-0.4, -0.2) is 54.3 Å². The van der Waals surface area contributed by atoms with Gasteiger partial charge in [0, 0.05) is 6.42 Å². The van der Waals surface area contributed by atoms with Gasteiger partial charge in [-0.2, -0.15) is 0 Å². The third-order valence-corrected chi connectivity index (χ3v) is 2.53. The number of carbonyl (C=O) groups is 1. The molecule has 6 nitrogen and oxygen atoms in total. The number of carboxylic acids is 1. The average Bonchev–Trinajstić information content (AvgIpc) is 2.11. The van der Waals surface area contributed by atoms with E-state index in [2.05, 4.69) is 10.6 Å². The summed E-state index contributed by atoms with van der Waals surface area (Å²) < 4.78 is 1.93. The second kappa shape index (κ2) is 4.28. The third-order valence-electron chi connectivity index (χ3n) is 2.53. The molecule has 14 heavy (non-hydrogen) atoms. The van der Waals surface area contributed by atoms with Crippen molar-refractivity contribution < 1.29 is 14.5 Å². The van der Waals surface area contributed by atoms with Gasteiger partial charge in [0.25, 0.3) is 0 Å². The quantitative estimate of drug-likeness (QED) is 0.306. The molecule has 0 saturated carbocycles. The molecule has 5 N–H and O–H groups in total. The van der Waals surface area contributed by atoms with E-state index >= 15 is 0 Å². The molecule has 0 aromatic carbocycles. The summed E-state index contributed by atoms with van der Waals surface area (Å²) in [4.78, 5) is 10.7. The SMILES string of the molecule is CNC(NC)=[N+]1CCC1C(N)C(=O)O. The number of nitrogens with zero attached hydrogens (tertiary/aromatic N) is 1. The van der Waals surface area contributed by atoms with Crippen LogP contribution in [-0.2, 0) is 4.79 Å². The highest BCUT2D eigenvalue weighted by molar-refractivity contribution is 5.76. The van der Waals surface area contributed by atoms with Gasteiger partial charge >= 0.3 is 11.9 Å². The van der Waals surface area contributed by atoms with Crippen LogP contribution in [0.4, 0.5) is 0 Å². The largest absolute Gasteiger partial charge is 0.480 e. The van der Waals surface area contributed by atoms with Gasteiger partial charge < -0.3 is 10.8 Å². The number of aliphatic carboxylic acids is 1. The van der Waals surface area contributed by atoms with Gasteiger partial charge in [0.2, 0.25) is 0 Å². The number of nitrogens with one attached hydrogen (secondary N) is 2. The summed E-state index contributed by atoms with van der Waals surface area (Å²) in [6.45, 7) is 0.836. The van der Waals surface area contributed by atoms with Crippen molar-refractivity contribution in [1.29, 1.82) is 0 Å². The van der Waals surface area contributed by atoms with Gasteiger partial charge in [0.05, 0.1) is 20.6 Å². The molecular weight excluding hydrogens is 184 g/mol. The van der Waals surface area contributed by atoms with Crippen molar-refractivity contribution in [2.24, 2.45) is 5.73 Å². The molecule has 0 spiro atoms. The Bertz CT molecular complexity index is 258. The van der Waals surface area contributed by atoms with E-state index in [0.29, 0.717) is 0 Å². The Balaban J connectivity index is 2.75. The molecule has 0 bridgehead atoms. The Hall–Kier alpha value is -1.30. The second-order valence-electron chi connectivity index (χ2n) is 3.26. The van der Waals surface area contributed by atoms with E-state index in [1.807, 2.05) is 4.58 Å². The van der Waals surface area contributed by atoms with E-state index in [9.17, 15) is 4.79 Å².